The second-order valence-electron chi connectivity index (χ2n) is 5.55. The highest BCUT2D eigenvalue weighted by molar-refractivity contribution is 5.78. The average Bonchev–Trinajstić information content (AvgIpc) is 2.51. The van der Waals surface area contributed by atoms with Gasteiger partial charge in [0.25, 0.3) is 0 Å². The van der Waals surface area contributed by atoms with Gasteiger partial charge in [-0.2, -0.15) is 0 Å². The molecule has 0 radical (unpaired) electrons. The summed E-state index contributed by atoms with van der Waals surface area (Å²) in [5, 5.41) is 6.22. The van der Waals surface area contributed by atoms with Crippen LogP contribution in [0.3, 0.4) is 0 Å². The molecule has 1 saturated heterocycles. The molecule has 21 heavy (non-hydrogen) atoms. The van der Waals surface area contributed by atoms with Crippen LogP contribution in [0.1, 0.15) is 32.6 Å². The van der Waals surface area contributed by atoms with E-state index in [0.29, 0.717) is 31.8 Å². The summed E-state index contributed by atoms with van der Waals surface area (Å²) in [5.41, 5.74) is 0. The third kappa shape index (κ3) is 8.02. The van der Waals surface area contributed by atoms with Gasteiger partial charge in [-0.15, -0.1) is 0 Å². The Kier molecular flexibility index (Phi) is 9.01. The predicted octanol–water partition coefficient (Wildman–Crippen LogP) is 0.377. The van der Waals surface area contributed by atoms with E-state index in [-0.39, 0.29) is 11.9 Å². The van der Waals surface area contributed by atoms with Gasteiger partial charge in [-0.05, 0) is 44.8 Å². The van der Waals surface area contributed by atoms with Gasteiger partial charge in [0.2, 0.25) is 5.91 Å². The topological polar surface area (TPSA) is 70.7 Å². The number of methoxy groups -OCH3 is 1. The molecule has 6 nitrogen and oxygen atoms in total. The standard InChI is InChI=1S/C15H29N3O3/c1-3-18(11-13-6-9-16-10-7-13)12-14(19)17-8-4-5-15(20)21-2/h13,16H,3-12H2,1-2H3,(H,17,19). The van der Waals surface area contributed by atoms with Crippen molar-refractivity contribution in [2.24, 2.45) is 5.92 Å². The van der Waals surface area contributed by atoms with Crippen molar-refractivity contribution in [3.05, 3.63) is 0 Å². The Bertz CT molecular complexity index is 317. The van der Waals surface area contributed by atoms with E-state index in [9.17, 15) is 9.59 Å². The van der Waals surface area contributed by atoms with Gasteiger partial charge in [-0.3, -0.25) is 14.5 Å². The number of rotatable bonds is 9. The smallest absolute Gasteiger partial charge is 0.305 e. The molecular weight excluding hydrogens is 270 g/mol. The SMILES string of the molecule is CCN(CC(=O)NCCCC(=O)OC)CC1CCNCC1. The minimum atomic E-state index is -0.231. The number of piperidine rings is 1. The van der Waals surface area contributed by atoms with Crippen LogP contribution >= 0.6 is 0 Å². The molecule has 0 saturated carbocycles. The molecule has 1 heterocycles. The first-order chi connectivity index (χ1) is 10.2. The summed E-state index contributed by atoms with van der Waals surface area (Å²) in [6, 6.07) is 0. The fraction of sp³-hybridized carbons (Fsp3) is 0.867. The van der Waals surface area contributed by atoms with Gasteiger partial charge in [0.15, 0.2) is 0 Å². The maximum absolute atomic E-state index is 11.9. The summed E-state index contributed by atoms with van der Waals surface area (Å²) >= 11 is 0. The van der Waals surface area contributed by atoms with E-state index in [0.717, 1.165) is 26.2 Å². The van der Waals surface area contributed by atoms with Gasteiger partial charge in [0.1, 0.15) is 0 Å². The minimum Gasteiger partial charge on any atom is -0.469 e. The van der Waals surface area contributed by atoms with Crippen LogP contribution in [-0.2, 0) is 14.3 Å². The minimum absolute atomic E-state index is 0.0376. The lowest BCUT2D eigenvalue weighted by molar-refractivity contribution is -0.140. The maximum Gasteiger partial charge on any atom is 0.305 e. The van der Waals surface area contributed by atoms with Gasteiger partial charge in [-0.25, -0.2) is 0 Å². The first-order valence-corrected chi connectivity index (χ1v) is 7.92. The van der Waals surface area contributed by atoms with Crippen LogP contribution in [-0.4, -0.2) is 63.2 Å². The van der Waals surface area contributed by atoms with Crippen LogP contribution in [0, 0.1) is 5.92 Å². The van der Waals surface area contributed by atoms with E-state index in [1.165, 1.54) is 20.0 Å². The number of hydrogen-bond donors (Lipinski definition) is 2. The first-order valence-electron chi connectivity index (χ1n) is 7.92. The molecule has 0 bridgehead atoms. The number of hydrogen-bond acceptors (Lipinski definition) is 5. The van der Waals surface area contributed by atoms with Crippen molar-refractivity contribution in [3.63, 3.8) is 0 Å². The molecule has 1 aliphatic rings. The number of ether oxygens (including phenoxy) is 1. The van der Waals surface area contributed by atoms with Crippen molar-refractivity contribution in [2.75, 3.05) is 46.4 Å². The second kappa shape index (κ2) is 10.6. The second-order valence-corrected chi connectivity index (χ2v) is 5.55. The third-order valence-electron chi connectivity index (χ3n) is 3.90. The summed E-state index contributed by atoms with van der Waals surface area (Å²) in [4.78, 5) is 25.0. The summed E-state index contributed by atoms with van der Waals surface area (Å²) in [6.45, 7) is 7.11. The Balaban J connectivity index is 2.16. The molecule has 122 valence electrons. The molecule has 1 fully saturated rings. The van der Waals surface area contributed by atoms with Crippen LogP contribution in [0.2, 0.25) is 0 Å². The molecule has 0 unspecified atom stereocenters. The highest BCUT2D eigenvalue weighted by atomic mass is 16.5. The lowest BCUT2D eigenvalue weighted by atomic mass is 9.97. The highest BCUT2D eigenvalue weighted by Gasteiger charge is 2.17. The molecule has 2 N–H and O–H groups in total. The molecule has 6 heteroatoms. The van der Waals surface area contributed by atoms with Gasteiger partial charge < -0.3 is 15.4 Å². The fourth-order valence-electron chi connectivity index (χ4n) is 2.56. The maximum atomic E-state index is 11.9. The Morgan fingerprint density at radius 3 is 2.67 bits per heavy atom. The number of likely N-dealkylation sites (N-methyl/N-ethyl adjacent to an activating group) is 1. The van der Waals surface area contributed by atoms with Crippen molar-refractivity contribution in [2.45, 2.75) is 32.6 Å². The fourth-order valence-corrected chi connectivity index (χ4v) is 2.56. The van der Waals surface area contributed by atoms with Gasteiger partial charge in [-0.1, -0.05) is 6.92 Å². The summed E-state index contributed by atoms with van der Waals surface area (Å²) in [6.07, 6.45) is 3.36. The molecule has 0 aromatic heterocycles. The van der Waals surface area contributed by atoms with Crippen LogP contribution in [0.25, 0.3) is 0 Å². The molecule has 1 amide bonds. The van der Waals surface area contributed by atoms with Gasteiger partial charge in [0.05, 0.1) is 13.7 Å². The molecule has 1 aliphatic heterocycles. The van der Waals surface area contributed by atoms with E-state index in [2.05, 4.69) is 27.2 Å². The van der Waals surface area contributed by atoms with Crippen molar-refractivity contribution >= 4 is 11.9 Å². The Morgan fingerprint density at radius 1 is 1.33 bits per heavy atom. The first kappa shape index (κ1) is 17.9. The Labute approximate surface area is 127 Å². The lowest BCUT2D eigenvalue weighted by Crippen LogP contribution is -2.41. The molecule has 1 rings (SSSR count). The lowest BCUT2D eigenvalue weighted by Gasteiger charge is -2.28. The van der Waals surface area contributed by atoms with Crippen LogP contribution in [0.5, 0.6) is 0 Å². The van der Waals surface area contributed by atoms with Crippen molar-refractivity contribution < 1.29 is 14.3 Å². The van der Waals surface area contributed by atoms with Crippen molar-refractivity contribution in [1.29, 1.82) is 0 Å². The zero-order valence-corrected chi connectivity index (χ0v) is 13.3. The highest BCUT2D eigenvalue weighted by Crippen LogP contribution is 2.13. The molecule has 0 atom stereocenters. The largest absolute Gasteiger partial charge is 0.469 e. The third-order valence-corrected chi connectivity index (χ3v) is 3.90. The van der Waals surface area contributed by atoms with Crippen molar-refractivity contribution in [1.82, 2.24) is 15.5 Å². The van der Waals surface area contributed by atoms with Crippen LogP contribution in [0.15, 0.2) is 0 Å². The average molecular weight is 299 g/mol. The van der Waals surface area contributed by atoms with Gasteiger partial charge >= 0.3 is 5.97 Å². The van der Waals surface area contributed by atoms with Crippen LogP contribution in [0.4, 0.5) is 0 Å². The van der Waals surface area contributed by atoms with Gasteiger partial charge in [0, 0.05) is 19.5 Å². The number of nitrogens with zero attached hydrogens (tertiary/aromatic N) is 1. The Hall–Kier alpha value is -1.14. The normalized spacial score (nSPS) is 16.0. The molecular formula is C15H29N3O3. The van der Waals surface area contributed by atoms with Crippen LogP contribution < -0.4 is 10.6 Å². The zero-order chi connectivity index (χ0) is 15.5. The zero-order valence-electron chi connectivity index (χ0n) is 13.3. The predicted molar refractivity (Wildman–Crippen MR) is 82.0 cm³/mol. The number of carbonyl (C=O) groups excluding carboxylic acids is 2. The number of esters is 1. The molecule has 0 aromatic carbocycles. The number of carbonyl (C=O) groups is 2. The van der Waals surface area contributed by atoms with E-state index >= 15 is 0 Å². The van der Waals surface area contributed by atoms with E-state index in [1.54, 1.807) is 0 Å². The number of amides is 1. The molecule has 0 aromatic rings. The number of nitrogens with one attached hydrogen (secondary N) is 2. The quantitative estimate of drug-likeness (QED) is 0.476. The van der Waals surface area contributed by atoms with E-state index in [4.69, 9.17) is 0 Å². The van der Waals surface area contributed by atoms with E-state index in [1.807, 2.05) is 0 Å². The summed E-state index contributed by atoms with van der Waals surface area (Å²) in [7, 11) is 1.38. The summed E-state index contributed by atoms with van der Waals surface area (Å²) in [5.74, 6) is 0.499. The molecule has 0 spiro atoms. The monoisotopic (exact) mass is 299 g/mol. The summed E-state index contributed by atoms with van der Waals surface area (Å²) < 4.78 is 4.56. The Morgan fingerprint density at radius 2 is 2.05 bits per heavy atom. The van der Waals surface area contributed by atoms with Crippen molar-refractivity contribution in [3.8, 4) is 0 Å². The molecule has 0 aliphatic carbocycles. The van der Waals surface area contributed by atoms with E-state index < -0.39 is 0 Å².